The molecule has 0 bridgehead atoms. The fraction of sp³-hybridized carbons (Fsp3) is 0.588. The van der Waals surface area contributed by atoms with Crippen LogP contribution in [0, 0.1) is 5.92 Å². The Morgan fingerprint density at radius 2 is 1.46 bits per heavy atom. The zero-order valence-corrected chi connectivity index (χ0v) is 42.0. The van der Waals surface area contributed by atoms with Gasteiger partial charge in [0.2, 0.25) is 11.7 Å². The number of aromatic amines is 2. The number of hydrogen-bond donors (Lipinski definition) is 11. The number of anilines is 2. The van der Waals surface area contributed by atoms with Gasteiger partial charge in [-0.3, -0.25) is 46.9 Å². The number of aliphatic hydroxyl groups excluding tert-OH is 3. The molecule has 8 rings (SSSR count). The van der Waals surface area contributed by atoms with Crippen LogP contribution in [0.15, 0.2) is 45.6 Å². The fourth-order valence-corrected chi connectivity index (χ4v) is 14.0. The summed E-state index contributed by atoms with van der Waals surface area (Å²) in [7, 11) is -19.3. The van der Waals surface area contributed by atoms with Gasteiger partial charge in [0.05, 0.1) is 39.3 Å². The predicted octanol–water partition coefficient (Wildman–Crippen LogP) is -3.52. The van der Waals surface area contributed by atoms with Crippen molar-refractivity contribution < 1.29 is 104 Å². The van der Waals surface area contributed by atoms with E-state index in [4.69, 9.17) is 48.7 Å². The molecule has 0 saturated carbocycles. The highest BCUT2D eigenvalue weighted by molar-refractivity contribution is 7.66. The van der Waals surface area contributed by atoms with Crippen molar-refractivity contribution in [2.45, 2.75) is 73.5 Å². The van der Waals surface area contributed by atoms with Crippen LogP contribution in [0.3, 0.4) is 0 Å². The molecule has 0 aromatic carbocycles. The number of phosphoric acid groups is 3. The molecule has 3 fully saturated rings. The summed E-state index contributed by atoms with van der Waals surface area (Å²) < 4.78 is 110. The number of nitrogens with one attached hydrogen (secondary N) is 2. The number of fused-ring (bicyclic) bond motifs is 2. The van der Waals surface area contributed by atoms with Crippen LogP contribution >= 0.6 is 31.1 Å². The number of aliphatic hydroxyl groups is 3. The predicted molar refractivity (Wildman–Crippen MR) is 241 cm³/mol. The van der Waals surface area contributed by atoms with E-state index in [2.05, 4.69) is 33.5 Å². The van der Waals surface area contributed by atoms with Gasteiger partial charge in [0.1, 0.15) is 54.1 Å². The van der Waals surface area contributed by atoms with E-state index in [1.54, 1.807) is 0 Å². The lowest BCUT2D eigenvalue weighted by atomic mass is 9.95. The van der Waals surface area contributed by atoms with E-state index in [0.29, 0.717) is 0 Å². The Labute approximate surface area is 412 Å². The fourth-order valence-electron chi connectivity index (χ4n) is 8.69. The molecule has 16 atom stereocenters. The lowest BCUT2D eigenvalue weighted by Crippen LogP contribution is -2.45. The third kappa shape index (κ3) is 11.4. The molecule has 408 valence electrons. The smallest absolute Gasteiger partial charge is 0.387 e. The number of methoxy groups -OCH3 is 2. The van der Waals surface area contributed by atoms with Crippen molar-refractivity contribution in [2.75, 3.05) is 52.1 Å². The van der Waals surface area contributed by atoms with Crippen LogP contribution < -0.4 is 32.8 Å². The van der Waals surface area contributed by atoms with Gasteiger partial charge in [-0.1, -0.05) is 4.98 Å². The number of aromatic nitrogens is 10. The minimum atomic E-state index is -6.19. The highest BCUT2D eigenvalue weighted by Crippen LogP contribution is 2.68. The van der Waals surface area contributed by atoms with E-state index in [0.717, 1.165) is 36.6 Å². The summed E-state index contributed by atoms with van der Waals surface area (Å²) in [5.74, 6) is -1.29. The third-order valence-electron chi connectivity index (χ3n) is 12.0. The Bertz CT molecular complexity index is 3260. The van der Waals surface area contributed by atoms with Crippen LogP contribution in [0.2, 0.25) is 0 Å². The molecule has 0 aliphatic carbocycles. The number of phosphoric ester groups is 2. The summed E-state index contributed by atoms with van der Waals surface area (Å²) in [4.78, 5) is 100. The Hall–Kier alpha value is -4.58. The quantitative estimate of drug-likeness (QED) is 0.0251. The van der Waals surface area contributed by atoms with Crippen LogP contribution in [0.25, 0.3) is 22.3 Å². The third-order valence-corrected chi connectivity index (χ3v) is 18.1. The van der Waals surface area contributed by atoms with Gasteiger partial charge in [0.15, 0.2) is 30.2 Å². The molecule has 3 aliphatic heterocycles. The SMILES string of the molecule is COCC[C@@H]1[C@@H](COP(=O)(O)OP(=O)(O)OP(=O)(O)OC[C@H]2O[C@@H](n3cnc4c(N)ncnc43)[C@H](OC)[C@@H]2P(=O)(O)OC[C@H]2O[C@@H](n3ccc(=O)[nH]c3=O)[C@H](O)[C@@H]2O)OC([n+]2cn(C)c3c(=O)[nH]c(N)nc32)[C@@H]1O. The molecule has 3 aliphatic rings. The summed E-state index contributed by atoms with van der Waals surface area (Å²) >= 11 is 0. The van der Waals surface area contributed by atoms with Crippen LogP contribution in [-0.4, -0.2) is 168 Å². The maximum absolute atomic E-state index is 14.3. The van der Waals surface area contributed by atoms with Crippen molar-refractivity contribution in [3.8, 4) is 0 Å². The summed E-state index contributed by atoms with van der Waals surface area (Å²) in [5.41, 5.74) is 7.34. The van der Waals surface area contributed by atoms with Crippen molar-refractivity contribution in [1.82, 2.24) is 43.6 Å². The van der Waals surface area contributed by atoms with Crippen molar-refractivity contribution in [1.29, 1.82) is 0 Å². The number of rotatable bonds is 21. The van der Waals surface area contributed by atoms with Gasteiger partial charge in [-0.15, -0.1) is 0 Å². The summed E-state index contributed by atoms with van der Waals surface area (Å²) in [6.07, 6.45) is -11.4. The molecule has 5 aromatic rings. The second kappa shape index (κ2) is 21.4. The monoisotopic (exact) mass is 1130 g/mol. The van der Waals surface area contributed by atoms with Crippen molar-refractivity contribution in [3.05, 3.63) is 62.4 Å². The van der Waals surface area contributed by atoms with E-state index in [9.17, 15) is 67.5 Å². The number of ether oxygens (including phenoxy) is 5. The van der Waals surface area contributed by atoms with Crippen LogP contribution in [-0.2, 0) is 71.2 Å². The lowest BCUT2D eigenvalue weighted by molar-refractivity contribution is -0.745. The molecule has 0 spiro atoms. The van der Waals surface area contributed by atoms with Gasteiger partial charge < -0.3 is 74.6 Å². The van der Waals surface area contributed by atoms with Gasteiger partial charge in [-0.05, 0) is 6.42 Å². The Kier molecular flexibility index (Phi) is 16.1. The first kappa shape index (κ1) is 55.6. The van der Waals surface area contributed by atoms with Crippen molar-refractivity contribution in [3.63, 3.8) is 0 Å². The first-order chi connectivity index (χ1) is 34.7. The topological polar surface area (TPSA) is 507 Å². The molecule has 5 unspecified atom stereocenters. The standard InChI is InChI=1S/C34H48N12O24P4/c1-43-13-46(28-20(43)29(51)42-33(36)41-28)30-21(48)14(5-7-61-2)15(66-30)8-64-72(55,56)69-74(59,60)70-73(57,58)65-10-17-25(24(62-3)32(68-17)45-12-39-19-26(35)37-11-38-27(19)45)71(53,54)63-9-16-22(49)23(50)31(67-16)44-6-4-18(47)40-34(44)52/h4,6,11-17,21-25,30-32,48-50H,5,7-10H2,1-3H3,(H9-,35,36,37,38,40,41,42,47,51,52,53,54,55,56,57,58,59,60)/p+1/t14-,15-,16-,17-,21-,22-,23-,24-,25-,30?,31-,32-/m1/s1. The molecule has 36 nitrogen and oxygen atoms in total. The van der Waals surface area contributed by atoms with Crippen LogP contribution in [0.4, 0.5) is 11.8 Å². The van der Waals surface area contributed by atoms with Gasteiger partial charge in [-0.2, -0.15) is 8.62 Å². The Morgan fingerprint density at radius 3 is 2.12 bits per heavy atom. The van der Waals surface area contributed by atoms with Gasteiger partial charge >= 0.3 is 42.4 Å². The largest absolute Gasteiger partial charge is 0.490 e. The minimum absolute atomic E-state index is 0.00542. The number of nitrogens with zero attached hydrogens (tertiary/aromatic N) is 8. The highest BCUT2D eigenvalue weighted by Gasteiger charge is 2.58. The molecule has 40 heteroatoms. The maximum atomic E-state index is 14.3. The molecule has 0 amide bonds. The minimum Gasteiger partial charge on any atom is -0.387 e. The second-order valence-corrected chi connectivity index (χ2v) is 23.3. The molecule has 0 radical (unpaired) electrons. The summed E-state index contributed by atoms with van der Waals surface area (Å²) in [5, 5.41) is 32.9. The molecule has 8 heterocycles. The number of H-pyrrole nitrogens is 2. The number of nitrogen functional groups attached to an aromatic ring is 2. The van der Waals surface area contributed by atoms with E-state index < -0.39 is 141 Å². The number of imidazole rings is 2. The summed E-state index contributed by atoms with van der Waals surface area (Å²) in [6, 6.07) is 0.928. The van der Waals surface area contributed by atoms with Crippen LogP contribution in [0.5, 0.6) is 0 Å². The Morgan fingerprint density at radius 1 is 0.797 bits per heavy atom. The molecular formula is C34H49N12O24P4+. The number of hydrogen-bond acceptors (Lipinski definition) is 26. The molecular weight excluding hydrogens is 1080 g/mol. The zero-order valence-electron chi connectivity index (χ0n) is 38.4. The van der Waals surface area contributed by atoms with Gasteiger partial charge in [0, 0.05) is 39.0 Å². The number of aryl methyl sites for hydroxylation is 1. The number of nitrogens with two attached hydrogens (primary N) is 2. The van der Waals surface area contributed by atoms with Gasteiger partial charge in [0.25, 0.3) is 17.1 Å². The van der Waals surface area contributed by atoms with Gasteiger partial charge in [-0.25, -0.2) is 38.0 Å². The van der Waals surface area contributed by atoms with Crippen molar-refractivity contribution >= 4 is 65.2 Å². The van der Waals surface area contributed by atoms with E-state index in [1.165, 1.54) is 34.2 Å². The molecule has 3 saturated heterocycles. The maximum Gasteiger partial charge on any atom is 0.490 e. The van der Waals surface area contributed by atoms with Crippen molar-refractivity contribution in [2.24, 2.45) is 13.0 Å². The van der Waals surface area contributed by atoms with E-state index in [-0.39, 0.29) is 47.1 Å². The second-order valence-electron chi connectivity index (χ2n) is 16.7. The highest BCUT2D eigenvalue weighted by atomic mass is 31.3. The molecule has 74 heavy (non-hydrogen) atoms. The van der Waals surface area contributed by atoms with Crippen LogP contribution in [0.1, 0.15) is 25.1 Å². The van der Waals surface area contributed by atoms with E-state index in [1.807, 2.05) is 4.98 Å². The molecule has 13 N–H and O–H groups in total. The first-order valence-corrected chi connectivity index (χ1v) is 27.6. The normalized spacial score (nSPS) is 30.6. The summed E-state index contributed by atoms with van der Waals surface area (Å²) in [6.45, 7) is -3.20. The first-order valence-electron chi connectivity index (χ1n) is 21.4. The average Bonchev–Trinajstić information content (AvgIpc) is 4.12. The Balaban J connectivity index is 0.959. The molecule has 5 aromatic heterocycles. The average molecular weight is 1130 g/mol. The van der Waals surface area contributed by atoms with E-state index >= 15 is 0 Å². The lowest BCUT2D eigenvalue weighted by Gasteiger charge is -2.28. The zero-order chi connectivity index (χ0) is 53.8.